The molecule has 1 aromatic heterocycles. The molecule has 0 amide bonds. The number of alkyl halides is 2. The van der Waals surface area contributed by atoms with Gasteiger partial charge in [0.1, 0.15) is 11.5 Å². The molecule has 0 aliphatic rings. The highest BCUT2D eigenvalue weighted by atomic mass is 19.3. The van der Waals surface area contributed by atoms with E-state index in [2.05, 4.69) is 4.98 Å². The molecule has 16 heavy (non-hydrogen) atoms. The van der Waals surface area contributed by atoms with Crippen LogP contribution in [0.2, 0.25) is 0 Å². The molecule has 0 bridgehead atoms. The Hall–Kier alpha value is -0.930. The van der Waals surface area contributed by atoms with Crippen LogP contribution in [0.1, 0.15) is 59.0 Å². The summed E-state index contributed by atoms with van der Waals surface area (Å²) < 4.78 is 27.7. The van der Waals surface area contributed by atoms with Gasteiger partial charge in [-0.05, 0) is 6.92 Å². The molecule has 94 valence electrons. The zero-order valence-electron chi connectivity index (χ0n) is 11.0. The largest absolute Gasteiger partial charge is 0.334 e. The third-order valence-electron chi connectivity index (χ3n) is 2.11. The van der Waals surface area contributed by atoms with Crippen LogP contribution in [-0.2, 0) is 12.5 Å². The molecule has 0 spiro atoms. The number of aromatic nitrogens is 2. The van der Waals surface area contributed by atoms with Crippen LogP contribution in [0, 0.1) is 0 Å². The summed E-state index contributed by atoms with van der Waals surface area (Å²) in [6.07, 6.45) is 1.44. The molecule has 0 aromatic carbocycles. The van der Waals surface area contributed by atoms with Crippen molar-refractivity contribution in [3.8, 4) is 0 Å². The lowest BCUT2D eigenvalue weighted by Crippen LogP contribution is -2.07. The van der Waals surface area contributed by atoms with Crippen molar-refractivity contribution in [2.75, 3.05) is 0 Å². The van der Waals surface area contributed by atoms with Gasteiger partial charge in [0.05, 0.1) is 0 Å². The van der Waals surface area contributed by atoms with Gasteiger partial charge in [0, 0.05) is 25.6 Å². The number of hydrogen-bond acceptors (Lipinski definition) is 1. The van der Waals surface area contributed by atoms with Crippen LogP contribution in [-0.4, -0.2) is 9.55 Å². The Kier molecular flexibility index (Phi) is 5.62. The third-order valence-corrected chi connectivity index (χ3v) is 2.11. The maximum Gasteiger partial charge on any atom is 0.288 e. The van der Waals surface area contributed by atoms with E-state index >= 15 is 0 Å². The van der Waals surface area contributed by atoms with Gasteiger partial charge in [0.15, 0.2) is 0 Å². The maximum absolute atomic E-state index is 13.0. The number of nitrogens with zero attached hydrogens (tertiary/aromatic N) is 2. The summed E-state index contributed by atoms with van der Waals surface area (Å²) in [6, 6.07) is 0. The van der Waals surface area contributed by atoms with E-state index in [0.717, 1.165) is 12.7 Å². The number of imidazole rings is 1. The van der Waals surface area contributed by atoms with Crippen LogP contribution in [0.25, 0.3) is 0 Å². The summed E-state index contributed by atoms with van der Waals surface area (Å²) >= 11 is 0. The maximum atomic E-state index is 13.0. The molecule has 4 heteroatoms. The van der Waals surface area contributed by atoms with Gasteiger partial charge in [0.2, 0.25) is 0 Å². The van der Waals surface area contributed by atoms with Gasteiger partial charge in [-0.3, -0.25) is 0 Å². The Balaban J connectivity index is 0.00000106. The van der Waals surface area contributed by atoms with Crippen LogP contribution in [0.3, 0.4) is 0 Å². The van der Waals surface area contributed by atoms with Gasteiger partial charge in [-0.15, -0.1) is 0 Å². The van der Waals surface area contributed by atoms with Crippen LogP contribution in [0.5, 0.6) is 0 Å². The van der Waals surface area contributed by atoms with E-state index < -0.39 is 5.92 Å². The Bertz CT molecular complexity index is 311. The van der Waals surface area contributed by atoms with Crippen molar-refractivity contribution in [3.63, 3.8) is 0 Å². The van der Waals surface area contributed by atoms with E-state index in [0.29, 0.717) is 6.54 Å². The zero-order valence-corrected chi connectivity index (χ0v) is 11.0. The molecule has 1 heterocycles. The summed E-state index contributed by atoms with van der Waals surface area (Å²) in [5.41, 5.74) is -0.136. The molecule has 0 N–H and O–H groups in total. The summed E-state index contributed by atoms with van der Waals surface area (Å²) in [5, 5.41) is 0. The zero-order chi connectivity index (χ0) is 12.9. The lowest BCUT2D eigenvalue weighted by atomic mass is 10.2. The molecule has 0 unspecified atom stereocenters. The lowest BCUT2D eigenvalue weighted by Gasteiger charge is -2.06. The number of halogens is 2. The molecule has 0 fully saturated rings. The van der Waals surface area contributed by atoms with E-state index in [4.69, 9.17) is 0 Å². The second-order valence-corrected chi connectivity index (χ2v) is 3.81. The molecule has 0 saturated carbocycles. The summed E-state index contributed by atoms with van der Waals surface area (Å²) in [7, 11) is 0. The highest BCUT2D eigenvalue weighted by Crippen LogP contribution is 2.27. The fraction of sp³-hybridized carbons (Fsp3) is 0.750. The Morgan fingerprint density at radius 2 is 1.88 bits per heavy atom. The van der Waals surface area contributed by atoms with Gasteiger partial charge in [-0.1, -0.05) is 27.7 Å². The monoisotopic (exact) mass is 232 g/mol. The van der Waals surface area contributed by atoms with E-state index in [1.807, 2.05) is 34.6 Å². The number of hydrogen-bond donors (Lipinski definition) is 0. The van der Waals surface area contributed by atoms with Crippen molar-refractivity contribution in [1.29, 1.82) is 0 Å². The van der Waals surface area contributed by atoms with Crippen molar-refractivity contribution in [2.45, 2.75) is 59.9 Å². The van der Waals surface area contributed by atoms with E-state index in [1.54, 1.807) is 4.57 Å². The third kappa shape index (κ3) is 3.58. The SMILES string of the molecule is CC.CCn1cc(C(C)(F)F)nc1C(C)C. The average Bonchev–Trinajstić information content (AvgIpc) is 2.64. The predicted octanol–water partition coefficient (Wildman–Crippen LogP) is 4.16. The Morgan fingerprint density at radius 1 is 1.38 bits per heavy atom. The van der Waals surface area contributed by atoms with Gasteiger partial charge in [-0.2, -0.15) is 8.78 Å². The average molecular weight is 232 g/mol. The van der Waals surface area contributed by atoms with Crippen molar-refractivity contribution < 1.29 is 8.78 Å². The first-order chi connectivity index (χ1) is 7.36. The van der Waals surface area contributed by atoms with Crippen LogP contribution < -0.4 is 0 Å². The molecule has 1 aromatic rings. The number of aryl methyl sites for hydroxylation is 1. The second-order valence-electron chi connectivity index (χ2n) is 3.81. The molecule has 1 rings (SSSR count). The van der Waals surface area contributed by atoms with Gasteiger partial charge in [-0.25, -0.2) is 4.98 Å². The van der Waals surface area contributed by atoms with Gasteiger partial charge in [0.25, 0.3) is 5.92 Å². The van der Waals surface area contributed by atoms with Crippen LogP contribution in [0.15, 0.2) is 6.20 Å². The Labute approximate surface area is 96.7 Å². The fourth-order valence-corrected chi connectivity index (χ4v) is 1.36. The first-order valence-corrected chi connectivity index (χ1v) is 5.81. The molecule has 0 aliphatic heterocycles. The van der Waals surface area contributed by atoms with Crippen molar-refractivity contribution in [3.05, 3.63) is 17.7 Å². The van der Waals surface area contributed by atoms with Crippen molar-refractivity contribution in [1.82, 2.24) is 9.55 Å². The summed E-state index contributed by atoms with van der Waals surface area (Å²) in [6.45, 7) is 11.4. The molecule has 0 aliphatic carbocycles. The minimum Gasteiger partial charge on any atom is -0.334 e. The first kappa shape index (κ1) is 15.1. The summed E-state index contributed by atoms with van der Waals surface area (Å²) in [5.74, 6) is -1.94. The lowest BCUT2D eigenvalue weighted by molar-refractivity contribution is 0.0130. The van der Waals surface area contributed by atoms with E-state index in [9.17, 15) is 8.78 Å². The molecule has 0 radical (unpaired) electrons. The second kappa shape index (κ2) is 5.97. The molecular formula is C12H22F2N2. The van der Waals surface area contributed by atoms with Crippen LogP contribution in [0.4, 0.5) is 8.78 Å². The van der Waals surface area contributed by atoms with Crippen molar-refractivity contribution >= 4 is 0 Å². The van der Waals surface area contributed by atoms with E-state index in [-0.39, 0.29) is 11.6 Å². The molecular weight excluding hydrogens is 210 g/mol. The normalized spacial score (nSPS) is 11.3. The Morgan fingerprint density at radius 3 is 2.12 bits per heavy atom. The minimum atomic E-state index is -2.84. The van der Waals surface area contributed by atoms with Gasteiger partial charge < -0.3 is 4.57 Å². The number of rotatable bonds is 3. The van der Waals surface area contributed by atoms with Gasteiger partial charge >= 0.3 is 0 Å². The quantitative estimate of drug-likeness (QED) is 0.765. The predicted molar refractivity (Wildman–Crippen MR) is 62.9 cm³/mol. The standard InChI is InChI=1S/C10H16F2N2.C2H6/c1-5-14-6-8(10(4,11)12)13-9(14)7(2)3;1-2/h6-7H,5H2,1-4H3;1-2H3. The molecule has 2 nitrogen and oxygen atoms in total. The van der Waals surface area contributed by atoms with Crippen LogP contribution >= 0.6 is 0 Å². The first-order valence-electron chi connectivity index (χ1n) is 5.81. The topological polar surface area (TPSA) is 17.8 Å². The highest BCUT2D eigenvalue weighted by Gasteiger charge is 2.29. The minimum absolute atomic E-state index is 0.136. The molecule has 0 saturated heterocycles. The highest BCUT2D eigenvalue weighted by molar-refractivity contribution is 5.11. The van der Waals surface area contributed by atoms with Crippen molar-refractivity contribution in [2.24, 2.45) is 0 Å². The van der Waals surface area contributed by atoms with E-state index in [1.165, 1.54) is 6.20 Å². The summed E-state index contributed by atoms with van der Waals surface area (Å²) in [4.78, 5) is 3.96. The fourth-order valence-electron chi connectivity index (χ4n) is 1.36. The molecule has 0 atom stereocenters. The smallest absolute Gasteiger partial charge is 0.288 e.